The van der Waals surface area contributed by atoms with E-state index in [2.05, 4.69) is 15.1 Å². The molecule has 1 amide bonds. The van der Waals surface area contributed by atoms with Crippen molar-refractivity contribution in [3.63, 3.8) is 0 Å². The van der Waals surface area contributed by atoms with Crippen LogP contribution in [-0.2, 0) is 27.3 Å². The Morgan fingerprint density at radius 1 is 1.21 bits per heavy atom. The summed E-state index contributed by atoms with van der Waals surface area (Å²) in [5.74, 6) is -0.256. The summed E-state index contributed by atoms with van der Waals surface area (Å²) in [6.45, 7) is 3.82. The summed E-state index contributed by atoms with van der Waals surface area (Å²) in [7, 11) is 1.69. The van der Waals surface area contributed by atoms with E-state index >= 15 is 0 Å². The Labute approximate surface area is 173 Å². The van der Waals surface area contributed by atoms with Crippen molar-refractivity contribution < 1.29 is 14.3 Å². The lowest BCUT2D eigenvalue weighted by Crippen LogP contribution is -2.31. The van der Waals surface area contributed by atoms with Gasteiger partial charge in [-0.3, -0.25) is 9.59 Å². The minimum Gasteiger partial charge on any atom is -0.455 e. The summed E-state index contributed by atoms with van der Waals surface area (Å²) in [6, 6.07) is 8.01. The van der Waals surface area contributed by atoms with Gasteiger partial charge in [-0.15, -0.1) is 11.8 Å². The third-order valence-electron chi connectivity index (χ3n) is 4.67. The number of rotatable bonds is 7. The number of fused-ring (bicyclic) bond motifs is 1. The standard InChI is InChI=1S/C20H23N5O3S/c1-13-17(14(2)25-20(23-13)21-12-22-25)9-19(27)28-11-18(26)24(3)10-15-5-7-16(29-4)8-6-15/h5-8,12H,9-11H2,1-4H3. The predicted octanol–water partition coefficient (Wildman–Crippen LogP) is 2.21. The fraction of sp³-hybridized carbons (Fsp3) is 0.350. The van der Waals surface area contributed by atoms with Gasteiger partial charge in [-0.2, -0.15) is 10.1 Å². The van der Waals surface area contributed by atoms with Crippen LogP contribution < -0.4 is 0 Å². The molecule has 2 aromatic heterocycles. The molecule has 8 nitrogen and oxygen atoms in total. The molecule has 0 spiro atoms. The molecule has 0 saturated carbocycles. The number of ether oxygens (including phenoxy) is 1. The largest absolute Gasteiger partial charge is 0.455 e. The SMILES string of the molecule is CSc1ccc(CN(C)C(=O)COC(=O)Cc2c(C)nc3ncnn3c2C)cc1. The van der Waals surface area contributed by atoms with Gasteiger partial charge in [-0.05, 0) is 37.8 Å². The second-order valence-electron chi connectivity index (χ2n) is 6.67. The van der Waals surface area contributed by atoms with E-state index in [0.717, 1.165) is 16.8 Å². The molecule has 0 aliphatic heterocycles. The van der Waals surface area contributed by atoms with Crippen molar-refractivity contribution in [2.75, 3.05) is 19.9 Å². The summed E-state index contributed by atoms with van der Waals surface area (Å²) >= 11 is 1.67. The molecule has 3 aromatic rings. The molecule has 2 heterocycles. The quantitative estimate of drug-likeness (QED) is 0.433. The van der Waals surface area contributed by atoms with Gasteiger partial charge in [0.15, 0.2) is 6.61 Å². The third kappa shape index (κ3) is 4.92. The average Bonchev–Trinajstić information content (AvgIpc) is 3.18. The number of thioether (sulfide) groups is 1. The first-order chi connectivity index (χ1) is 13.9. The van der Waals surface area contributed by atoms with E-state index < -0.39 is 5.97 Å². The van der Waals surface area contributed by atoms with Crippen molar-refractivity contribution in [1.29, 1.82) is 0 Å². The van der Waals surface area contributed by atoms with E-state index in [1.165, 1.54) is 11.2 Å². The van der Waals surface area contributed by atoms with Crippen LogP contribution in [-0.4, -0.2) is 56.3 Å². The molecule has 152 valence electrons. The first-order valence-corrected chi connectivity index (χ1v) is 10.3. The summed E-state index contributed by atoms with van der Waals surface area (Å²) in [5, 5.41) is 4.10. The predicted molar refractivity (Wildman–Crippen MR) is 110 cm³/mol. The first kappa shape index (κ1) is 20.8. The summed E-state index contributed by atoms with van der Waals surface area (Å²) < 4.78 is 6.78. The number of carbonyl (C=O) groups is 2. The number of carbonyl (C=O) groups excluding carboxylic acids is 2. The van der Waals surface area contributed by atoms with Crippen LogP contribution in [0.3, 0.4) is 0 Å². The maximum Gasteiger partial charge on any atom is 0.310 e. The monoisotopic (exact) mass is 413 g/mol. The fourth-order valence-corrected chi connectivity index (χ4v) is 3.36. The van der Waals surface area contributed by atoms with Gasteiger partial charge in [0.1, 0.15) is 6.33 Å². The first-order valence-electron chi connectivity index (χ1n) is 9.07. The Kier molecular flexibility index (Phi) is 6.48. The van der Waals surface area contributed by atoms with Crippen LogP contribution in [0.15, 0.2) is 35.5 Å². The Hall–Kier alpha value is -2.94. The minimum absolute atomic E-state index is 0.0214. The lowest BCUT2D eigenvalue weighted by Gasteiger charge is -2.17. The van der Waals surface area contributed by atoms with Crippen LogP contribution in [0.1, 0.15) is 22.5 Å². The summed E-state index contributed by atoms with van der Waals surface area (Å²) in [6.07, 6.45) is 3.45. The maximum atomic E-state index is 12.3. The van der Waals surface area contributed by atoms with Gasteiger partial charge in [0.2, 0.25) is 0 Å². The maximum absolute atomic E-state index is 12.3. The number of nitrogens with zero attached hydrogens (tertiary/aromatic N) is 5. The highest BCUT2D eigenvalue weighted by Gasteiger charge is 2.17. The van der Waals surface area contributed by atoms with Crippen molar-refractivity contribution in [2.45, 2.75) is 31.7 Å². The molecule has 1 aromatic carbocycles. The zero-order chi connectivity index (χ0) is 21.0. The molecule has 29 heavy (non-hydrogen) atoms. The van der Waals surface area contributed by atoms with E-state index in [1.807, 2.05) is 44.4 Å². The number of aromatic nitrogens is 4. The second kappa shape index (κ2) is 9.04. The number of hydrogen-bond donors (Lipinski definition) is 0. The number of aryl methyl sites for hydroxylation is 2. The van der Waals surface area contributed by atoms with Gasteiger partial charge < -0.3 is 9.64 Å². The highest BCUT2D eigenvalue weighted by molar-refractivity contribution is 7.98. The molecule has 0 N–H and O–H groups in total. The highest BCUT2D eigenvalue weighted by Crippen LogP contribution is 2.16. The van der Waals surface area contributed by atoms with Crippen molar-refractivity contribution in [2.24, 2.45) is 0 Å². The number of hydrogen-bond acceptors (Lipinski definition) is 7. The van der Waals surface area contributed by atoms with E-state index in [1.54, 1.807) is 28.2 Å². The van der Waals surface area contributed by atoms with Crippen LogP contribution in [0.5, 0.6) is 0 Å². The van der Waals surface area contributed by atoms with E-state index in [9.17, 15) is 9.59 Å². The summed E-state index contributed by atoms with van der Waals surface area (Å²) in [4.78, 5) is 35.7. The Bertz CT molecular complexity index is 1030. The molecule has 0 atom stereocenters. The molecule has 3 rings (SSSR count). The molecule has 0 fully saturated rings. The lowest BCUT2D eigenvalue weighted by atomic mass is 10.1. The molecule has 0 bridgehead atoms. The van der Waals surface area contributed by atoms with Gasteiger partial charge in [-0.1, -0.05) is 12.1 Å². The highest BCUT2D eigenvalue weighted by atomic mass is 32.2. The van der Waals surface area contributed by atoms with Crippen molar-refractivity contribution in [3.8, 4) is 0 Å². The van der Waals surface area contributed by atoms with Gasteiger partial charge in [0.05, 0.1) is 6.42 Å². The molecular weight excluding hydrogens is 390 g/mol. The van der Waals surface area contributed by atoms with E-state index in [4.69, 9.17) is 4.74 Å². The van der Waals surface area contributed by atoms with Crippen LogP contribution in [0, 0.1) is 13.8 Å². The smallest absolute Gasteiger partial charge is 0.310 e. The molecule has 0 radical (unpaired) electrons. The van der Waals surface area contributed by atoms with Gasteiger partial charge in [0, 0.05) is 35.4 Å². The lowest BCUT2D eigenvalue weighted by molar-refractivity contribution is -0.151. The van der Waals surface area contributed by atoms with Crippen molar-refractivity contribution in [1.82, 2.24) is 24.5 Å². The zero-order valence-electron chi connectivity index (χ0n) is 16.9. The Morgan fingerprint density at radius 2 is 1.93 bits per heavy atom. The Morgan fingerprint density at radius 3 is 2.62 bits per heavy atom. The Balaban J connectivity index is 1.55. The topological polar surface area (TPSA) is 89.7 Å². The second-order valence-corrected chi connectivity index (χ2v) is 7.55. The normalized spacial score (nSPS) is 10.9. The number of benzene rings is 1. The molecule has 0 aliphatic carbocycles. The van der Waals surface area contributed by atoms with Crippen molar-refractivity contribution >= 4 is 29.4 Å². The molecular formula is C20H23N5O3S. The van der Waals surface area contributed by atoms with Gasteiger partial charge in [0.25, 0.3) is 11.7 Å². The zero-order valence-corrected chi connectivity index (χ0v) is 17.7. The number of likely N-dealkylation sites (N-methyl/N-ethyl adjacent to an activating group) is 1. The molecule has 0 saturated heterocycles. The van der Waals surface area contributed by atoms with Crippen LogP contribution in [0.25, 0.3) is 5.78 Å². The third-order valence-corrected chi connectivity index (χ3v) is 5.41. The molecule has 9 heteroatoms. The van der Waals surface area contributed by atoms with Crippen LogP contribution in [0.2, 0.25) is 0 Å². The van der Waals surface area contributed by atoms with Gasteiger partial charge >= 0.3 is 5.97 Å². The van der Waals surface area contributed by atoms with Gasteiger partial charge in [-0.25, -0.2) is 9.50 Å². The van der Waals surface area contributed by atoms with E-state index in [0.29, 0.717) is 18.0 Å². The summed E-state index contributed by atoms with van der Waals surface area (Å²) in [5.41, 5.74) is 3.21. The molecule has 0 aliphatic rings. The number of esters is 1. The van der Waals surface area contributed by atoms with Crippen LogP contribution in [0.4, 0.5) is 0 Å². The average molecular weight is 414 g/mol. The van der Waals surface area contributed by atoms with Crippen LogP contribution >= 0.6 is 11.8 Å². The molecule has 0 unspecified atom stereocenters. The number of amides is 1. The van der Waals surface area contributed by atoms with E-state index in [-0.39, 0.29) is 18.9 Å². The van der Waals surface area contributed by atoms with Crippen molar-refractivity contribution in [3.05, 3.63) is 53.1 Å². The minimum atomic E-state index is -0.483. The fourth-order valence-electron chi connectivity index (χ4n) is 2.95.